The Labute approximate surface area is 95.7 Å². The second-order valence-electron chi connectivity index (χ2n) is 3.55. The van der Waals surface area contributed by atoms with Gasteiger partial charge in [-0.15, -0.1) is 6.58 Å². The highest BCUT2D eigenvalue weighted by atomic mass is 16.5. The van der Waals surface area contributed by atoms with Crippen LogP contribution in [-0.4, -0.2) is 20.0 Å². The summed E-state index contributed by atoms with van der Waals surface area (Å²) in [5.74, 6) is 1.08. The maximum absolute atomic E-state index is 10.8. The summed E-state index contributed by atoms with van der Waals surface area (Å²) in [4.78, 5) is 10.8. The molecule has 16 heavy (non-hydrogen) atoms. The van der Waals surface area contributed by atoms with Gasteiger partial charge in [0.05, 0.1) is 19.3 Å². The summed E-state index contributed by atoms with van der Waals surface area (Å²) < 4.78 is 10.7. The zero-order valence-electron chi connectivity index (χ0n) is 9.66. The number of benzene rings is 1. The molecule has 0 bridgehead atoms. The Morgan fingerprint density at radius 2 is 2.25 bits per heavy atom. The van der Waals surface area contributed by atoms with Crippen LogP contribution in [0.3, 0.4) is 0 Å². The average Bonchev–Trinajstić information content (AvgIpc) is 2.28. The molecule has 0 amide bonds. The van der Waals surface area contributed by atoms with E-state index in [-0.39, 0.29) is 0 Å². The molecule has 0 radical (unpaired) electrons. The third kappa shape index (κ3) is 3.12. The lowest BCUT2D eigenvalue weighted by Crippen LogP contribution is -2.02. The van der Waals surface area contributed by atoms with Gasteiger partial charge in [-0.1, -0.05) is 11.6 Å². The molecule has 0 aromatic heterocycles. The monoisotopic (exact) mass is 220 g/mol. The van der Waals surface area contributed by atoms with Gasteiger partial charge in [-0.25, -0.2) is 0 Å². The quantitative estimate of drug-likeness (QED) is 0.546. The third-order valence-corrected chi connectivity index (χ3v) is 2.13. The fraction of sp³-hybridized carbons (Fsp3) is 0.308. The molecule has 0 N–H and O–H groups in total. The first-order chi connectivity index (χ1) is 7.69. The Balaban J connectivity index is 2.82. The van der Waals surface area contributed by atoms with Crippen molar-refractivity contribution in [3.63, 3.8) is 0 Å². The van der Waals surface area contributed by atoms with Gasteiger partial charge < -0.3 is 9.47 Å². The minimum atomic E-state index is 0.497. The molecule has 0 atom stereocenters. The molecule has 0 aliphatic carbocycles. The predicted molar refractivity (Wildman–Crippen MR) is 63.3 cm³/mol. The molecule has 0 saturated heterocycles. The van der Waals surface area contributed by atoms with Crippen LogP contribution in [0, 0.1) is 0 Å². The number of hydrogen-bond acceptors (Lipinski definition) is 3. The maximum Gasteiger partial charge on any atom is 0.171 e. The Bertz CT molecular complexity index is 383. The van der Waals surface area contributed by atoms with E-state index in [1.54, 1.807) is 25.3 Å². The van der Waals surface area contributed by atoms with Crippen LogP contribution in [0.1, 0.15) is 23.7 Å². The Hall–Kier alpha value is -1.77. The molecule has 0 spiro atoms. The lowest BCUT2D eigenvalue weighted by molar-refractivity contribution is 0.111. The van der Waals surface area contributed by atoms with Gasteiger partial charge in [-0.3, -0.25) is 4.79 Å². The number of para-hydroxylation sites is 1. The molecule has 0 aliphatic heterocycles. The summed E-state index contributed by atoms with van der Waals surface area (Å²) in [5, 5.41) is 0. The summed E-state index contributed by atoms with van der Waals surface area (Å²) in [7, 11) is 1.55. The lowest BCUT2D eigenvalue weighted by Gasteiger charge is -2.12. The van der Waals surface area contributed by atoms with Gasteiger partial charge >= 0.3 is 0 Å². The first-order valence-corrected chi connectivity index (χ1v) is 5.08. The van der Waals surface area contributed by atoms with Crippen molar-refractivity contribution in [1.29, 1.82) is 0 Å². The van der Waals surface area contributed by atoms with Crippen molar-refractivity contribution in [2.45, 2.75) is 13.3 Å². The molecule has 0 saturated carbocycles. The molecule has 0 fully saturated rings. The van der Waals surface area contributed by atoms with E-state index in [2.05, 4.69) is 6.58 Å². The highest BCUT2D eigenvalue weighted by molar-refractivity contribution is 5.81. The van der Waals surface area contributed by atoms with Crippen LogP contribution < -0.4 is 9.47 Å². The molecule has 86 valence electrons. The fourth-order valence-electron chi connectivity index (χ4n) is 1.27. The van der Waals surface area contributed by atoms with Crippen LogP contribution in [-0.2, 0) is 0 Å². The van der Waals surface area contributed by atoms with E-state index in [0.717, 1.165) is 18.3 Å². The van der Waals surface area contributed by atoms with E-state index >= 15 is 0 Å². The number of hydrogen-bond donors (Lipinski definition) is 0. The van der Waals surface area contributed by atoms with Gasteiger partial charge in [-0.05, 0) is 19.1 Å². The Morgan fingerprint density at radius 3 is 2.81 bits per heavy atom. The standard InChI is InChI=1S/C13H16O3/c1-10(2)7-8-16-13-11(9-14)5-4-6-12(13)15-3/h4-6,9H,1,7-8H2,2-3H3. The van der Waals surface area contributed by atoms with Gasteiger partial charge in [0.2, 0.25) is 0 Å². The van der Waals surface area contributed by atoms with Crippen molar-refractivity contribution in [3.05, 3.63) is 35.9 Å². The lowest BCUT2D eigenvalue weighted by atomic mass is 10.2. The van der Waals surface area contributed by atoms with Crippen molar-refractivity contribution < 1.29 is 14.3 Å². The maximum atomic E-state index is 10.8. The number of aldehydes is 1. The van der Waals surface area contributed by atoms with Crippen LogP contribution in [0.2, 0.25) is 0 Å². The first-order valence-electron chi connectivity index (χ1n) is 5.08. The number of carbonyl (C=O) groups excluding carboxylic acids is 1. The van der Waals surface area contributed by atoms with E-state index in [1.807, 2.05) is 6.92 Å². The number of rotatable bonds is 6. The van der Waals surface area contributed by atoms with Crippen LogP contribution in [0.4, 0.5) is 0 Å². The largest absolute Gasteiger partial charge is 0.493 e. The number of methoxy groups -OCH3 is 1. The molecule has 1 aromatic carbocycles. The Kier molecular flexibility index (Phi) is 4.58. The molecule has 0 heterocycles. The average molecular weight is 220 g/mol. The van der Waals surface area contributed by atoms with Crippen molar-refractivity contribution >= 4 is 6.29 Å². The summed E-state index contributed by atoms with van der Waals surface area (Å²) in [5.41, 5.74) is 1.55. The van der Waals surface area contributed by atoms with E-state index in [4.69, 9.17) is 9.47 Å². The normalized spacial score (nSPS) is 9.62. The van der Waals surface area contributed by atoms with Crippen LogP contribution in [0.5, 0.6) is 11.5 Å². The molecule has 3 heteroatoms. The molecule has 1 aromatic rings. The first kappa shape index (κ1) is 12.3. The topological polar surface area (TPSA) is 35.5 Å². The summed E-state index contributed by atoms with van der Waals surface area (Å²) in [6, 6.07) is 5.23. The highest BCUT2D eigenvalue weighted by Gasteiger charge is 2.09. The third-order valence-electron chi connectivity index (χ3n) is 2.13. The van der Waals surface area contributed by atoms with Crippen LogP contribution in [0.25, 0.3) is 0 Å². The molecule has 0 unspecified atom stereocenters. The van der Waals surface area contributed by atoms with Crippen molar-refractivity contribution in [2.24, 2.45) is 0 Å². The second kappa shape index (κ2) is 5.95. The summed E-state index contributed by atoms with van der Waals surface area (Å²) in [6.07, 6.45) is 1.52. The zero-order chi connectivity index (χ0) is 12.0. The van der Waals surface area contributed by atoms with Crippen molar-refractivity contribution in [2.75, 3.05) is 13.7 Å². The van der Waals surface area contributed by atoms with Gasteiger partial charge in [0.1, 0.15) is 0 Å². The molecule has 3 nitrogen and oxygen atoms in total. The second-order valence-corrected chi connectivity index (χ2v) is 3.55. The van der Waals surface area contributed by atoms with Crippen LogP contribution >= 0.6 is 0 Å². The highest BCUT2D eigenvalue weighted by Crippen LogP contribution is 2.30. The summed E-state index contributed by atoms with van der Waals surface area (Å²) >= 11 is 0. The minimum Gasteiger partial charge on any atom is -0.493 e. The SMILES string of the molecule is C=C(C)CCOc1c(C=O)cccc1OC. The van der Waals surface area contributed by atoms with E-state index in [1.165, 1.54) is 0 Å². The molecular formula is C13H16O3. The van der Waals surface area contributed by atoms with Crippen LogP contribution in [0.15, 0.2) is 30.4 Å². The zero-order valence-corrected chi connectivity index (χ0v) is 9.66. The van der Waals surface area contributed by atoms with Gasteiger partial charge in [0, 0.05) is 6.42 Å². The summed E-state index contributed by atoms with van der Waals surface area (Å²) in [6.45, 7) is 6.22. The minimum absolute atomic E-state index is 0.497. The number of carbonyl (C=O) groups is 1. The molecular weight excluding hydrogens is 204 g/mol. The molecule has 1 rings (SSSR count). The Morgan fingerprint density at radius 1 is 1.50 bits per heavy atom. The van der Waals surface area contributed by atoms with E-state index in [9.17, 15) is 4.79 Å². The number of ether oxygens (including phenoxy) is 2. The van der Waals surface area contributed by atoms with Gasteiger partial charge in [0.25, 0.3) is 0 Å². The predicted octanol–water partition coefficient (Wildman–Crippen LogP) is 2.85. The van der Waals surface area contributed by atoms with E-state index < -0.39 is 0 Å². The van der Waals surface area contributed by atoms with E-state index in [0.29, 0.717) is 23.7 Å². The van der Waals surface area contributed by atoms with Crippen molar-refractivity contribution in [3.8, 4) is 11.5 Å². The molecule has 0 aliphatic rings. The van der Waals surface area contributed by atoms with Gasteiger partial charge in [-0.2, -0.15) is 0 Å². The fourth-order valence-corrected chi connectivity index (χ4v) is 1.27. The van der Waals surface area contributed by atoms with Crippen molar-refractivity contribution in [1.82, 2.24) is 0 Å². The van der Waals surface area contributed by atoms with Gasteiger partial charge in [0.15, 0.2) is 17.8 Å². The smallest absolute Gasteiger partial charge is 0.171 e.